The Bertz CT molecular complexity index is 793. The summed E-state index contributed by atoms with van der Waals surface area (Å²) in [5.41, 5.74) is 1.13. The first-order valence-corrected chi connectivity index (χ1v) is 9.31. The topological polar surface area (TPSA) is 60.0 Å². The summed E-state index contributed by atoms with van der Waals surface area (Å²) in [7, 11) is 1.65. The van der Waals surface area contributed by atoms with Gasteiger partial charge in [0.05, 0.1) is 19.7 Å². The Morgan fingerprint density at radius 3 is 2.74 bits per heavy atom. The van der Waals surface area contributed by atoms with E-state index in [0.29, 0.717) is 13.2 Å². The predicted octanol–water partition coefficient (Wildman–Crippen LogP) is 3.38. The molecule has 2 aromatic rings. The van der Waals surface area contributed by atoms with Crippen LogP contribution in [0.3, 0.4) is 0 Å². The van der Waals surface area contributed by atoms with E-state index in [2.05, 4.69) is 5.32 Å². The zero-order chi connectivity index (χ0) is 18.6. The molecule has 0 saturated carbocycles. The van der Waals surface area contributed by atoms with Crippen molar-refractivity contribution in [3.05, 3.63) is 54.1 Å². The number of hydrogen-bond acceptors (Lipinski definition) is 4. The Labute approximate surface area is 159 Å². The SMILES string of the molecule is COc1ccc([C@@H]2CCCN2C(=O)NC[C@@H]2COc3ccccc3O2)cc1. The minimum Gasteiger partial charge on any atom is -0.497 e. The zero-order valence-electron chi connectivity index (χ0n) is 15.4. The normalized spacial score (nSPS) is 21.0. The van der Waals surface area contributed by atoms with Gasteiger partial charge in [0.1, 0.15) is 12.4 Å². The number of likely N-dealkylation sites (tertiary alicyclic amines) is 1. The lowest BCUT2D eigenvalue weighted by Crippen LogP contribution is -2.46. The molecule has 6 nitrogen and oxygen atoms in total. The third kappa shape index (κ3) is 3.79. The maximum Gasteiger partial charge on any atom is 0.318 e. The molecular weight excluding hydrogens is 344 g/mol. The fourth-order valence-corrected chi connectivity index (χ4v) is 3.65. The minimum absolute atomic E-state index is 0.0595. The van der Waals surface area contributed by atoms with Crippen LogP contribution >= 0.6 is 0 Å². The molecule has 0 aromatic heterocycles. The molecule has 0 bridgehead atoms. The number of amides is 2. The second-order valence-corrected chi connectivity index (χ2v) is 6.81. The number of hydrogen-bond donors (Lipinski definition) is 1. The number of nitrogens with zero attached hydrogens (tertiary/aromatic N) is 1. The van der Waals surface area contributed by atoms with Crippen molar-refractivity contribution in [1.29, 1.82) is 0 Å². The van der Waals surface area contributed by atoms with E-state index in [1.807, 2.05) is 53.4 Å². The molecule has 0 unspecified atom stereocenters. The maximum absolute atomic E-state index is 12.7. The molecule has 0 spiro atoms. The van der Waals surface area contributed by atoms with Crippen LogP contribution in [0, 0.1) is 0 Å². The highest BCUT2D eigenvalue weighted by Gasteiger charge is 2.30. The van der Waals surface area contributed by atoms with Crippen molar-refractivity contribution in [3.63, 3.8) is 0 Å². The van der Waals surface area contributed by atoms with Crippen LogP contribution in [0.25, 0.3) is 0 Å². The number of carbonyl (C=O) groups excluding carboxylic acids is 1. The van der Waals surface area contributed by atoms with Crippen LogP contribution in [0.15, 0.2) is 48.5 Å². The summed E-state index contributed by atoms with van der Waals surface area (Å²) in [5.74, 6) is 2.29. The quantitative estimate of drug-likeness (QED) is 0.899. The number of para-hydroxylation sites is 2. The van der Waals surface area contributed by atoms with Crippen molar-refractivity contribution in [2.75, 3.05) is 26.8 Å². The van der Waals surface area contributed by atoms with Crippen LogP contribution < -0.4 is 19.5 Å². The molecule has 142 valence electrons. The molecule has 4 rings (SSSR count). The highest BCUT2D eigenvalue weighted by molar-refractivity contribution is 5.75. The molecule has 1 saturated heterocycles. The van der Waals surface area contributed by atoms with Gasteiger partial charge in [-0.25, -0.2) is 4.79 Å². The number of urea groups is 1. The largest absolute Gasteiger partial charge is 0.497 e. The molecule has 2 aliphatic rings. The minimum atomic E-state index is -0.189. The number of methoxy groups -OCH3 is 1. The van der Waals surface area contributed by atoms with E-state index in [9.17, 15) is 4.79 Å². The molecule has 27 heavy (non-hydrogen) atoms. The number of carbonyl (C=O) groups is 1. The Balaban J connectivity index is 1.35. The fraction of sp³-hybridized carbons (Fsp3) is 0.381. The molecule has 2 amide bonds. The van der Waals surface area contributed by atoms with Crippen LogP contribution in [0.4, 0.5) is 4.79 Å². The molecule has 2 aliphatic heterocycles. The second-order valence-electron chi connectivity index (χ2n) is 6.81. The summed E-state index contributed by atoms with van der Waals surface area (Å²) in [4.78, 5) is 14.6. The fourth-order valence-electron chi connectivity index (χ4n) is 3.65. The molecule has 2 heterocycles. The van der Waals surface area contributed by atoms with E-state index in [4.69, 9.17) is 14.2 Å². The lowest BCUT2D eigenvalue weighted by Gasteiger charge is -2.29. The number of nitrogens with one attached hydrogen (secondary N) is 1. The monoisotopic (exact) mass is 368 g/mol. The van der Waals surface area contributed by atoms with Crippen molar-refractivity contribution in [2.45, 2.75) is 25.0 Å². The molecule has 1 N–H and O–H groups in total. The van der Waals surface area contributed by atoms with Gasteiger partial charge in [-0.15, -0.1) is 0 Å². The van der Waals surface area contributed by atoms with Gasteiger partial charge in [0, 0.05) is 6.54 Å². The van der Waals surface area contributed by atoms with E-state index < -0.39 is 0 Å². The van der Waals surface area contributed by atoms with E-state index in [-0.39, 0.29) is 18.2 Å². The van der Waals surface area contributed by atoms with Crippen molar-refractivity contribution in [3.8, 4) is 17.2 Å². The van der Waals surface area contributed by atoms with Gasteiger partial charge in [0.25, 0.3) is 0 Å². The highest BCUT2D eigenvalue weighted by Crippen LogP contribution is 2.33. The molecule has 1 fully saturated rings. The van der Waals surface area contributed by atoms with Crippen molar-refractivity contribution < 1.29 is 19.0 Å². The third-order valence-electron chi connectivity index (χ3n) is 5.06. The van der Waals surface area contributed by atoms with E-state index >= 15 is 0 Å². The van der Waals surface area contributed by atoms with Crippen LogP contribution in [-0.4, -0.2) is 43.8 Å². The van der Waals surface area contributed by atoms with Gasteiger partial charge < -0.3 is 24.4 Å². The van der Waals surface area contributed by atoms with Crippen LogP contribution in [0.2, 0.25) is 0 Å². The molecule has 0 aliphatic carbocycles. The van der Waals surface area contributed by atoms with Crippen molar-refractivity contribution >= 4 is 6.03 Å². The Hall–Kier alpha value is -2.89. The van der Waals surface area contributed by atoms with Crippen LogP contribution in [-0.2, 0) is 0 Å². The zero-order valence-corrected chi connectivity index (χ0v) is 15.4. The lowest BCUT2D eigenvalue weighted by atomic mass is 10.0. The van der Waals surface area contributed by atoms with Gasteiger partial charge >= 0.3 is 6.03 Å². The van der Waals surface area contributed by atoms with E-state index in [1.165, 1.54) is 0 Å². The second kappa shape index (κ2) is 7.78. The first kappa shape index (κ1) is 17.5. The maximum atomic E-state index is 12.7. The first-order valence-electron chi connectivity index (χ1n) is 9.31. The predicted molar refractivity (Wildman–Crippen MR) is 101 cm³/mol. The summed E-state index contributed by atoms with van der Waals surface area (Å²) < 4.78 is 16.8. The van der Waals surface area contributed by atoms with Gasteiger partial charge in [-0.2, -0.15) is 0 Å². The smallest absolute Gasteiger partial charge is 0.318 e. The van der Waals surface area contributed by atoms with E-state index in [0.717, 1.165) is 42.2 Å². The van der Waals surface area contributed by atoms with Crippen LogP contribution in [0.1, 0.15) is 24.4 Å². The van der Waals surface area contributed by atoms with Crippen molar-refractivity contribution in [1.82, 2.24) is 10.2 Å². The standard InChI is InChI=1S/C21H24N2O4/c1-25-16-10-8-15(9-11-16)18-5-4-12-23(18)21(24)22-13-17-14-26-19-6-2-3-7-20(19)27-17/h2-3,6-11,17-18H,4-5,12-14H2,1H3,(H,22,24)/t17-,18+/m1/s1. The number of fused-ring (bicyclic) bond motifs is 1. The Kier molecular flexibility index (Phi) is 5.05. The molecule has 2 atom stereocenters. The highest BCUT2D eigenvalue weighted by atomic mass is 16.6. The Morgan fingerprint density at radius 1 is 1.19 bits per heavy atom. The van der Waals surface area contributed by atoms with Gasteiger partial charge in [-0.3, -0.25) is 0 Å². The first-order chi connectivity index (χ1) is 13.2. The summed E-state index contributed by atoms with van der Waals surface area (Å²) in [6, 6.07) is 15.6. The van der Waals surface area contributed by atoms with Crippen molar-refractivity contribution in [2.24, 2.45) is 0 Å². The summed E-state index contributed by atoms with van der Waals surface area (Å²) in [5, 5.41) is 3.00. The van der Waals surface area contributed by atoms with Gasteiger partial charge in [0.2, 0.25) is 0 Å². The number of benzene rings is 2. The summed E-state index contributed by atoms with van der Waals surface area (Å²) >= 11 is 0. The van der Waals surface area contributed by atoms with E-state index in [1.54, 1.807) is 7.11 Å². The lowest BCUT2D eigenvalue weighted by molar-refractivity contribution is 0.0898. The summed E-state index contributed by atoms with van der Waals surface area (Å²) in [6.45, 7) is 1.60. The van der Waals surface area contributed by atoms with Gasteiger partial charge in [-0.1, -0.05) is 24.3 Å². The molecule has 2 aromatic carbocycles. The van der Waals surface area contributed by atoms with Gasteiger partial charge in [0.15, 0.2) is 17.6 Å². The average Bonchev–Trinajstić information content (AvgIpc) is 3.22. The summed E-state index contributed by atoms with van der Waals surface area (Å²) in [6.07, 6.45) is 1.78. The van der Waals surface area contributed by atoms with Crippen LogP contribution in [0.5, 0.6) is 17.2 Å². The number of ether oxygens (including phenoxy) is 3. The Morgan fingerprint density at radius 2 is 1.96 bits per heavy atom. The number of rotatable bonds is 4. The third-order valence-corrected chi connectivity index (χ3v) is 5.06. The average molecular weight is 368 g/mol. The molecular formula is C21H24N2O4. The van der Waals surface area contributed by atoms with Gasteiger partial charge in [-0.05, 0) is 42.7 Å². The molecule has 6 heteroatoms. The molecule has 0 radical (unpaired) electrons.